The Morgan fingerprint density at radius 3 is 2.46 bits per heavy atom. The van der Waals surface area contributed by atoms with Crippen molar-refractivity contribution in [3.8, 4) is 0 Å². The van der Waals surface area contributed by atoms with E-state index in [9.17, 15) is 9.59 Å². The van der Waals surface area contributed by atoms with E-state index in [1.165, 1.54) is 4.90 Å². The molecular weight excluding hydrogens is 354 g/mol. The quantitative estimate of drug-likeness (QED) is 0.791. The number of carbonyl (C=O) groups is 2. The van der Waals surface area contributed by atoms with Crippen LogP contribution in [0.1, 0.15) is 48.5 Å². The number of benzene rings is 1. The van der Waals surface area contributed by atoms with Gasteiger partial charge in [0.05, 0.1) is 33.8 Å². The van der Waals surface area contributed by atoms with E-state index >= 15 is 0 Å². The summed E-state index contributed by atoms with van der Waals surface area (Å²) in [5.41, 5.74) is 1.07. The maximum Gasteiger partial charge on any atom is 0.256 e. The van der Waals surface area contributed by atoms with Gasteiger partial charge in [-0.25, -0.2) is 0 Å². The average molecular weight is 389 g/mol. The molecule has 1 aliphatic heterocycles. The monoisotopic (exact) mass is 388 g/mol. The minimum absolute atomic E-state index is 0.106. The van der Waals surface area contributed by atoms with Gasteiger partial charge in [0.1, 0.15) is 11.8 Å². The smallest absolute Gasteiger partial charge is 0.256 e. The van der Waals surface area contributed by atoms with Crippen LogP contribution in [0.15, 0.2) is 24.3 Å². The molecule has 2 amide bonds. The van der Waals surface area contributed by atoms with Crippen molar-refractivity contribution < 1.29 is 19.2 Å². The fourth-order valence-corrected chi connectivity index (χ4v) is 4.17. The number of aryl methyl sites for hydroxylation is 1. The summed E-state index contributed by atoms with van der Waals surface area (Å²) in [6, 6.07) is 7.00. The summed E-state index contributed by atoms with van der Waals surface area (Å²) in [6.07, 6.45) is 3.60. The summed E-state index contributed by atoms with van der Waals surface area (Å²) in [4.78, 5) is 29.4. The summed E-state index contributed by atoms with van der Waals surface area (Å²) in [7, 11) is 4.10. The Labute approximate surface area is 168 Å². The molecule has 2 fully saturated rings. The number of hydrogen-bond donors (Lipinski definition) is 2. The maximum absolute atomic E-state index is 13.5. The Morgan fingerprint density at radius 2 is 1.86 bits per heavy atom. The van der Waals surface area contributed by atoms with Crippen molar-refractivity contribution in [1.29, 1.82) is 0 Å². The van der Waals surface area contributed by atoms with Crippen LogP contribution in [0.4, 0.5) is 0 Å². The number of amides is 2. The number of carbonyl (C=O) groups excluding carboxylic acids is 2. The highest BCUT2D eigenvalue weighted by atomic mass is 16.5. The van der Waals surface area contributed by atoms with Gasteiger partial charge in [0.25, 0.3) is 5.91 Å². The van der Waals surface area contributed by atoms with Gasteiger partial charge >= 0.3 is 0 Å². The summed E-state index contributed by atoms with van der Waals surface area (Å²) in [5.74, 6) is 0.407. The van der Waals surface area contributed by atoms with Gasteiger partial charge in [-0.05, 0) is 50.7 Å². The molecule has 1 aromatic rings. The number of quaternary nitrogens is 1. The topological polar surface area (TPSA) is 63.1 Å². The van der Waals surface area contributed by atoms with Crippen LogP contribution in [0, 0.1) is 12.8 Å². The highest BCUT2D eigenvalue weighted by molar-refractivity contribution is 5.98. The average Bonchev–Trinajstić information content (AvgIpc) is 3.03. The van der Waals surface area contributed by atoms with Crippen LogP contribution in [0.25, 0.3) is 0 Å². The van der Waals surface area contributed by atoms with Crippen molar-refractivity contribution in [2.75, 3.05) is 33.8 Å². The lowest BCUT2D eigenvalue weighted by Crippen LogP contribution is -3.06. The highest BCUT2D eigenvalue weighted by Crippen LogP contribution is 2.43. The molecule has 0 radical (unpaired) electrons. The third kappa shape index (κ3) is 4.39. The van der Waals surface area contributed by atoms with E-state index in [-0.39, 0.29) is 18.4 Å². The molecular formula is C22H34N3O3+. The van der Waals surface area contributed by atoms with Crippen LogP contribution in [0.5, 0.6) is 0 Å². The molecule has 1 heterocycles. The zero-order valence-corrected chi connectivity index (χ0v) is 17.6. The van der Waals surface area contributed by atoms with Gasteiger partial charge in [0.15, 0.2) is 0 Å². The zero-order valence-electron chi connectivity index (χ0n) is 17.6. The van der Waals surface area contributed by atoms with E-state index in [1.807, 2.05) is 31.2 Å². The molecule has 154 valence electrons. The van der Waals surface area contributed by atoms with Crippen molar-refractivity contribution in [2.24, 2.45) is 5.92 Å². The number of likely N-dealkylation sites (N-methyl/N-ethyl adjacent to an activating group) is 1. The first-order valence-electron chi connectivity index (χ1n) is 10.4. The third-order valence-corrected chi connectivity index (χ3v) is 6.06. The Bertz CT molecular complexity index is 693. The normalized spacial score (nSPS) is 27.4. The summed E-state index contributed by atoms with van der Waals surface area (Å²) >= 11 is 0. The first kappa shape index (κ1) is 20.8. The fraction of sp³-hybridized carbons (Fsp3) is 0.636. The molecule has 0 aromatic heterocycles. The van der Waals surface area contributed by atoms with Gasteiger partial charge in [0.2, 0.25) is 5.91 Å². The summed E-state index contributed by atoms with van der Waals surface area (Å²) < 4.78 is 6.21. The van der Waals surface area contributed by atoms with Crippen molar-refractivity contribution in [3.05, 3.63) is 35.4 Å². The van der Waals surface area contributed by atoms with Crippen LogP contribution < -0.4 is 10.2 Å². The SMILES string of the molecule is Cc1ccc(C(=O)N2[C@H](C(=O)NCC[NH+](C)C)COC23CCC(C)CC3)cc1. The number of nitrogens with zero attached hydrogens (tertiary/aromatic N) is 1. The van der Waals surface area contributed by atoms with Crippen LogP contribution in [-0.2, 0) is 9.53 Å². The number of hydrogen-bond acceptors (Lipinski definition) is 3. The molecule has 6 heteroatoms. The molecule has 0 bridgehead atoms. The largest absolute Gasteiger partial charge is 0.353 e. The van der Waals surface area contributed by atoms with Crippen LogP contribution in [0.2, 0.25) is 0 Å². The molecule has 1 saturated heterocycles. The van der Waals surface area contributed by atoms with E-state index in [4.69, 9.17) is 4.74 Å². The highest BCUT2D eigenvalue weighted by Gasteiger charge is 2.53. The lowest BCUT2D eigenvalue weighted by molar-refractivity contribution is -0.856. The number of rotatable bonds is 5. The standard InChI is InChI=1S/C22H33N3O3/c1-16-5-7-18(8-6-16)21(27)25-19(20(26)23-13-14-24(3)4)15-28-22(25)11-9-17(2)10-12-22/h5-8,17,19H,9-15H2,1-4H3,(H,23,26)/p+1/t17?,19-,22?/m0/s1. The van der Waals surface area contributed by atoms with Gasteiger partial charge in [-0.3, -0.25) is 14.5 Å². The molecule has 0 unspecified atom stereocenters. The minimum Gasteiger partial charge on any atom is -0.353 e. The predicted octanol–water partition coefficient (Wildman–Crippen LogP) is 1.00. The van der Waals surface area contributed by atoms with Crippen LogP contribution in [-0.4, -0.2) is 62.3 Å². The summed E-state index contributed by atoms with van der Waals surface area (Å²) in [6.45, 7) is 5.94. The van der Waals surface area contributed by atoms with Gasteiger partial charge in [0, 0.05) is 5.56 Å². The second kappa shape index (κ2) is 8.62. The lowest BCUT2D eigenvalue weighted by atomic mass is 9.83. The first-order valence-corrected chi connectivity index (χ1v) is 10.4. The Kier molecular flexibility index (Phi) is 6.40. The zero-order chi connectivity index (χ0) is 20.3. The van der Waals surface area contributed by atoms with Crippen molar-refractivity contribution in [3.63, 3.8) is 0 Å². The second-order valence-corrected chi connectivity index (χ2v) is 8.74. The molecule has 1 spiro atoms. The number of nitrogens with one attached hydrogen (secondary N) is 2. The Hall–Kier alpha value is -1.92. The van der Waals surface area contributed by atoms with E-state index in [1.54, 1.807) is 4.90 Å². The molecule has 2 N–H and O–H groups in total. The molecule has 1 saturated carbocycles. The predicted molar refractivity (Wildman–Crippen MR) is 108 cm³/mol. The molecule has 28 heavy (non-hydrogen) atoms. The number of ether oxygens (including phenoxy) is 1. The lowest BCUT2D eigenvalue weighted by Gasteiger charge is -2.43. The van der Waals surface area contributed by atoms with E-state index in [0.29, 0.717) is 18.0 Å². The molecule has 6 nitrogen and oxygen atoms in total. The van der Waals surface area contributed by atoms with Gasteiger partial charge in [-0.2, -0.15) is 0 Å². The van der Waals surface area contributed by atoms with Crippen molar-refractivity contribution >= 4 is 11.8 Å². The second-order valence-electron chi connectivity index (χ2n) is 8.74. The Balaban J connectivity index is 1.83. The molecule has 2 aliphatic rings. The van der Waals surface area contributed by atoms with Crippen molar-refractivity contribution in [2.45, 2.75) is 51.3 Å². The van der Waals surface area contributed by atoms with Gasteiger partial charge in [-0.15, -0.1) is 0 Å². The van der Waals surface area contributed by atoms with Crippen LogP contribution in [0.3, 0.4) is 0 Å². The van der Waals surface area contributed by atoms with Crippen LogP contribution >= 0.6 is 0 Å². The van der Waals surface area contributed by atoms with E-state index < -0.39 is 11.8 Å². The van der Waals surface area contributed by atoms with Gasteiger partial charge in [-0.1, -0.05) is 24.6 Å². The van der Waals surface area contributed by atoms with Gasteiger partial charge < -0.3 is 15.0 Å². The van der Waals surface area contributed by atoms with E-state index in [2.05, 4.69) is 26.3 Å². The summed E-state index contributed by atoms with van der Waals surface area (Å²) in [5, 5.41) is 3.00. The minimum atomic E-state index is -0.650. The first-order chi connectivity index (χ1) is 13.3. The van der Waals surface area contributed by atoms with Crippen molar-refractivity contribution in [1.82, 2.24) is 10.2 Å². The molecule has 1 aromatic carbocycles. The molecule has 1 atom stereocenters. The fourth-order valence-electron chi connectivity index (χ4n) is 4.17. The molecule has 1 aliphatic carbocycles. The van der Waals surface area contributed by atoms with E-state index in [0.717, 1.165) is 37.8 Å². The third-order valence-electron chi connectivity index (χ3n) is 6.06. The Morgan fingerprint density at radius 1 is 1.21 bits per heavy atom. The molecule has 3 rings (SSSR count). The maximum atomic E-state index is 13.5.